The summed E-state index contributed by atoms with van der Waals surface area (Å²) in [6, 6.07) is 5.45. The fourth-order valence-corrected chi connectivity index (χ4v) is 4.03. The molecule has 7 heteroatoms. The molecule has 0 aliphatic carbocycles. The number of piperidine rings is 1. The van der Waals surface area contributed by atoms with Crippen molar-refractivity contribution < 1.29 is 17.9 Å². The van der Waals surface area contributed by atoms with E-state index in [1.807, 2.05) is 12.1 Å². The van der Waals surface area contributed by atoms with Gasteiger partial charge in [-0.15, -0.1) is 0 Å². The van der Waals surface area contributed by atoms with Gasteiger partial charge in [0.1, 0.15) is 0 Å². The minimum atomic E-state index is -3.42. The molecule has 1 saturated heterocycles. The molecule has 0 saturated carbocycles. The van der Waals surface area contributed by atoms with Crippen molar-refractivity contribution in [2.24, 2.45) is 5.92 Å². The van der Waals surface area contributed by atoms with Gasteiger partial charge in [-0.1, -0.05) is 13.0 Å². The van der Waals surface area contributed by atoms with E-state index in [0.29, 0.717) is 30.5 Å². The number of rotatable bonds is 4. The molecular formula is C14H20N2O4S. The Morgan fingerprint density at radius 3 is 2.95 bits per heavy atom. The SMILES string of the molecule is CC1CCCN(S(=O)(=O)NCc2ccc3c(c2)OCO3)C1. The average Bonchev–Trinajstić information content (AvgIpc) is 2.93. The molecule has 0 amide bonds. The molecule has 3 rings (SSSR count). The lowest BCUT2D eigenvalue weighted by molar-refractivity contribution is 0.174. The summed E-state index contributed by atoms with van der Waals surface area (Å²) in [4.78, 5) is 0. The van der Waals surface area contributed by atoms with E-state index < -0.39 is 10.2 Å². The van der Waals surface area contributed by atoms with E-state index >= 15 is 0 Å². The van der Waals surface area contributed by atoms with Crippen molar-refractivity contribution in [1.82, 2.24) is 9.03 Å². The Hall–Kier alpha value is -1.31. The second-order valence-electron chi connectivity index (χ2n) is 5.62. The summed E-state index contributed by atoms with van der Waals surface area (Å²) in [5.74, 6) is 1.78. The van der Waals surface area contributed by atoms with Crippen LogP contribution in [-0.4, -0.2) is 32.6 Å². The summed E-state index contributed by atoms with van der Waals surface area (Å²) in [6.45, 7) is 3.75. The van der Waals surface area contributed by atoms with E-state index in [-0.39, 0.29) is 13.3 Å². The largest absolute Gasteiger partial charge is 0.454 e. The fourth-order valence-electron chi connectivity index (χ4n) is 2.68. The van der Waals surface area contributed by atoms with Crippen LogP contribution >= 0.6 is 0 Å². The maximum atomic E-state index is 12.3. The lowest BCUT2D eigenvalue weighted by atomic mass is 10.0. The Labute approximate surface area is 125 Å². The summed E-state index contributed by atoms with van der Waals surface area (Å²) in [6.07, 6.45) is 2.01. The minimum absolute atomic E-state index is 0.218. The number of benzene rings is 1. The zero-order valence-corrected chi connectivity index (χ0v) is 12.9. The Morgan fingerprint density at radius 2 is 2.14 bits per heavy atom. The molecule has 0 radical (unpaired) electrons. The van der Waals surface area contributed by atoms with Crippen LogP contribution in [0.4, 0.5) is 0 Å². The minimum Gasteiger partial charge on any atom is -0.454 e. The van der Waals surface area contributed by atoms with E-state index in [1.165, 1.54) is 4.31 Å². The van der Waals surface area contributed by atoms with Gasteiger partial charge in [0, 0.05) is 19.6 Å². The van der Waals surface area contributed by atoms with Gasteiger partial charge in [0.2, 0.25) is 6.79 Å². The van der Waals surface area contributed by atoms with Crippen molar-refractivity contribution in [2.75, 3.05) is 19.9 Å². The van der Waals surface area contributed by atoms with Crippen LogP contribution in [0.5, 0.6) is 11.5 Å². The molecule has 1 atom stereocenters. The predicted molar refractivity (Wildman–Crippen MR) is 78.3 cm³/mol. The summed E-state index contributed by atoms with van der Waals surface area (Å²) in [5.41, 5.74) is 0.855. The normalized spacial score (nSPS) is 22.4. The summed E-state index contributed by atoms with van der Waals surface area (Å²) >= 11 is 0. The van der Waals surface area contributed by atoms with Gasteiger partial charge >= 0.3 is 0 Å². The van der Waals surface area contributed by atoms with Crippen LogP contribution in [0, 0.1) is 5.92 Å². The number of nitrogens with zero attached hydrogens (tertiary/aromatic N) is 1. The van der Waals surface area contributed by atoms with Crippen LogP contribution in [0.2, 0.25) is 0 Å². The molecule has 1 unspecified atom stereocenters. The predicted octanol–water partition coefficient (Wildman–Crippen LogP) is 1.48. The quantitative estimate of drug-likeness (QED) is 0.914. The van der Waals surface area contributed by atoms with Gasteiger partial charge in [0.25, 0.3) is 10.2 Å². The summed E-state index contributed by atoms with van der Waals surface area (Å²) < 4.78 is 39.3. The number of hydrogen-bond donors (Lipinski definition) is 1. The molecule has 6 nitrogen and oxygen atoms in total. The highest BCUT2D eigenvalue weighted by molar-refractivity contribution is 7.87. The molecule has 0 spiro atoms. The number of hydrogen-bond acceptors (Lipinski definition) is 4. The number of nitrogens with one attached hydrogen (secondary N) is 1. The van der Waals surface area contributed by atoms with E-state index in [2.05, 4.69) is 11.6 Å². The van der Waals surface area contributed by atoms with E-state index in [9.17, 15) is 8.42 Å². The Bertz CT molecular complexity index is 617. The molecule has 116 valence electrons. The zero-order chi connectivity index (χ0) is 14.9. The monoisotopic (exact) mass is 312 g/mol. The third-order valence-electron chi connectivity index (χ3n) is 3.86. The van der Waals surface area contributed by atoms with Crippen molar-refractivity contribution in [3.63, 3.8) is 0 Å². The molecule has 1 aromatic carbocycles. The lowest BCUT2D eigenvalue weighted by Crippen LogP contribution is -2.45. The first-order valence-electron chi connectivity index (χ1n) is 7.18. The topological polar surface area (TPSA) is 67.9 Å². The first kappa shape index (κ1) is 14.6. The molecule has 21 heavy (non-hydrogen) atoms. The number of ether oxygens (including phenoxy) is 2. The van der Waals surface area contributed by atoms with Crippen LogP contribution < -0.4 is 14.2 Å². The van der Waals surface area contributed by atoms with E-state index in [0.717, 1.165) is 18.4 Å². The lowest BCUT2D eigenvalue weighted by Gasteiger charge is -2.30. The molecule has 0 bridgehead atoms. The van der Waals surface area contributed by atoms with Gasteiger partial charge in [-0.05, 0) is 36.5 Å². The van der Waals surface area contributed by atoms with E-state index in [4.69, 9.17) is 9.47 Å². The van der Waals surface area contributed by atoms with Gasteiger partial charge < -0.3 is 9.47 Å². The Kier molecular flexibility index (Phi) is 4.05. The van der Waals surface area contributed by atoms with Gasteiger partial charge in [0.05, 0.1) is 0 Å². The van der Waals surface area contributed by atoms with Crippen molar-refractivity contribution in [1.29, 1.82) is 0 Å². The van der Waals surface area contributed by atoms with Crippen LogP contribution in [0.25, 0.3) is 0 Å². The van der Waals surface area contributed by atoms with Gasteiger partial charge in [0.15, 0.2) is 11.5 Å². The molecule has 2 aliphatic heterocycles. The standard InChI is InChI=1S/C14H20N2O4S/c1-11-3-2-6-16(9-11)21(17,18)15-8-12-4-5-13-14(7-12)20-10-19-13/h4-5,7,11,15H,2-3,6,8-10H2,1H3. The van der Waals surface area contributed by atoms with Crippen LogP contribution in [0.1, 0.15) is 25.3 Å². The van der Waals surface area contributed by atoms with Gasteiger partial charge in [-0.2, -0.15) is 17.4 Å². The molecular weight excluding hydrogens is 292 g/mol. The van der Waals surface area contributed by atoms with Gasteiger partial charge in [-0.3, -0.25) is 0 Å². The highest BCUT2D eigenvalue weighted by atomic mass is 32.2. The van der Waals surface area contributed by atoms with Crippen LogP contribution in [0.3, 0.4) is 0 Å². The average molecular weight is 312 g/mol. The molecule has 1 aromatic rings. The molecule has 1 fully saturated rings. The second kappa shape index (κ2) is 5.82. The highest BCUT2D eigenvalue weighted by Crippen LogP contribution is 2.32. The van der Waals surface area contributed by atoms with Crippen molar-refractivity contribution >= 4 is 10.2 Å². The van der Waals surface area contributed by atoms with E-state index in [1.54, 1.807) is 6.07 Å². The maximum absolute atomic E-state index is 12.3. The fraction of sp³-hybridized carbons (Fsp3) is 0.571. The molecule has 2 heterocycles. The molecule has 2 aliphatic rings. The molecule has 1 N–H and O–H groups in total. The summed E-state index contributed by atoms with van der Waals surface area (Å²) in [5, 5.41) is 0. The summed E-state index contributed by atoms with van der Waals surface area (Å²) in [7, 11) is -3.42. The molecule has 0 aromatic heterocycles. The third-order valence-corrected chi connectivity index (χ3v) is 5.38. The second-order valence-corrected chi connectivity index (χ2v) is 7.37. The zero-order valence-electron chi connectivity index (χ0n) is 12.0. The smallest absolute Gasteiger partial charge is 0.279 e. The van der Waals surface area contributed by atoms with Gasteiger partial charge in [-0.25, -0.2) is 0 Å². The number of fused-ring (bicyclic) bond motifs is 1. The van der Waals surface area contributed by atoms with Crippen molar-refractivity contribution in [3.05, 3.63) is 23.8 Å². The third kappa shape index (κ3) is 3.30. The first-order valence-corrected chi connectivity index (χ1v) is 8.62. The van der Waals surface area contributed by atoms with Crippen molar-refractivity contribution in [2.45, 2.75) is 26.3 Å². The first-order chi connectivity index (χ1) is 10.0. The Balaban J connectivity index is 1.63. The van der Waals surface area contributed by atoms with Crippen molar-refractivity contribution in [3.8, 4) is 11.5 Å². The maximum Gasteiger partial charge on any atom is 0.279 e. The Morgan fingerprint density at radius 1 is 1.33 bits per heavy atom. The van der Waals surface area contributed by atoms with Crippen LogP contribution in [0.15, 0.2) is 18.2 Å². The highest BCUT2D eigenvalue weighted by Gasteiger charge is 2.26. The van der Waals surface area contributed by atoms with Crippen LogP contribution in [-0.2, 0) is 16.8 Å².